The molecule has 1 rings (SSSR count). The third-order valence-corrected chi connectivity index (χ3v) is 2.44. The first-order valence-electron chi connectivity index (χ1n) is 5.71. The van der Waals surface area contributed by atoms with Crippen molar-refractivity contribution in [2.75, 3.05) is 11.4 Å². The number of pyridine rings is 1. The van der Waals surface area contributed by atoms with E-state index in [0.717, 1.165) is 17.5 Å². The lowest BCUT2D eigenvalue weighted by Gasteiger charge is -2.20. The van der Waals surface area contributed by atoms with Gasteiger partial charge in [-0.15, -0.1) is 0 Å². The second-order valence-corrected chi connectivity index (χ2v) is 4.12. The van der Waals surface area contributed by atoms with Crippen LogP contribution < -0.4 is 4.90 Å². The van der Waals surface area contributed by atoms with Crippen molar-refractivity contribution in [2.24, 2.45) is 0 Å². The first-order chi connectivity index (χ1) is 8.04. The lowest BCUT2D eigenvalue weighted by Crippen LogP contribution is -2.30. The molecule has 92 valence electrons. The molecule has 1 aromatic heterocycles. The average molecular weight is 234 g/mol. The molecule has 4 nitrogen and oxygen atoms in total. The number of hydrogen-bond acceptors (Lipinski definition) is 3. The van der Waals surface area contributed by atoms with Gasteiger partial charge in [-0.1, -0.05) is 0 Å². The van der Waals surface area contributed by atoms with Gasteiger partial charge in [0, 0.05) is 25.6 Å². The summed E-state index contributed by atoms with van der Waals surface area (Å²) in [6, 6.07) is 3.85. The largest absolute Gasteiger partial charge is 0.303 e. The summed E-state index contributed by atoms with van der Waals surface area (Å²) in [5.41, 5.74) is 1.97. The lowest BCUT2D eigenvalue weighted by molar-refractivity contribution is -0.116. The molecule has 4 heteroatoms. The van der Waals surface area contributed by atoms with Gasteiger partial charge >= 0.3 is 0 Å². The summed E-state index contributed by atoms with van der Waals surface area (Å²) in [5, 5.41) is 0. The molecule has 0 N–H and O–H groups in total. The quantitative estimate of drug-likeness (QED) is 0.578. The van der Waals surface area contributed by atoms with Crippen molar-refractivity contribution in [1.82, 2.24) is 4.98 Å². The predicted octanol–water partition coefficient (Wildman–Crippen LogP) is 2.03. The van der Waals surface area contributed by atoms with Gasteiger partial charge in [0.15, 0.2) is 0 Å². The number of carbonyl (C=O) groups excluding carboxylic acids is 2. The molecule has 0 aromatic carbocycles. The highest BCUT2D eigenvalue weighted by Gasteiger charge is 2.12. The molecule has 0 saturated heterocycles. The molecule has 1 heterocycles. The minimum Gasteiger partial charge on any atom is -0.303 e. The normalized spacial score (nSPS) is 10.1. The van der Waals surface area contributed by atoms with Crippen molar-refractivity contribution in [2.45, 2.75) is 33.6 Å². The minimum absolute atomic E-state index is 0.0478. The Morgan fingerprint density at radius 2 is 2.12 bits per heavy atom. The molecule has 17 heavy (non-hydrogen) atoms. The Morgan fingerprint density at radius 3 is 2.65 bits per heavy atom. The fourth-order valence-electron chi connectivity index (χ4n) is 1.72. The van der Waals surface area contributed by atoms with Gasteiger partial charge < -0.3 is 4.79 Å². The number of aldehydes is 1. The van der Waals surface area contributed by atoms with Gasteiger partial charge in [-0.25, -0.2) is 4.98 Å². The summed E-state index contributed by atoms with van der Waals surface area (Å²) >= 11 is 0. The highest BCUT2D eigenvalue weighted by Crippen LogP contribution is 2.15. The van der Waals surface area contributed by atoms with E-state index in [2.05, 4.69) is 4.98 Å². The van der Waals surface area contributed by atoms with Crippen LogP contribution in [0.25, 0.3) is 0 Å². The van der Waals surface area contributed by atoms with Crippen LogP contribution in [0.4, 0.5) is 5.82 Å². The summed E-state index contributed by atoms with van der Waals surface area (Å²) in [4.78, 5) is 27.8. The second kappa shape index (κ2) is 6.13. The molecule has 0 bridgehead atoms. The fourth-order valence-corrected chi connectivity index (χ4v) is 1.72. The Hall–Kier alpha value is -1.71. The van der Waals surface area contributed by atoms with E-state index >= 15 is 0 Å². The molecule has 0 unspecified atom stereocenters. The van der Waals surface area contributed by atoms with Crippen LogP contribution in [0.3, 0.4) is 0 Å². The number of amides is 1. The van der Waals surface area contributed by atoms with Crippen molar-refractivity contribution in [3.05, 3.63) is 23.4 Å². The smallest absolute Gasteiger partial charge is 0.225 e. The molecule has 0 aliphatic rings. The van der Waals surface area contributed by atoms with Gasteiger partial charge in [-0.05, 0) is 38.0 Å². The highest BCUT2D eigenvalue weighted by molar-refractivity contribution is 5.90. The van der Waals surface area contributed by atoms with Crippen molar-refractivity contribution in [1.29, 1.82) is 0 Å². The van der Waals surface area contributed by atoms with Crippen LogP contribution in [-0.2, 0) is 9.59 Å². The number of unbranched alkanes of at least 4 members (excludes halogenated alkanes) is 1. The topological polar surface area (TPSA) is 50.3 Å². The predicted molar refractivity (Wildman–Crippen MR) is 67.0 cm³/mol. The lowest BCUT2D eigenvalue weighted by atomic mass is 10.2. The van der Waals surface area contributed by atoms with Crippen LogP contribution in [0.2, 0.25) is 0 Å². The average Bonchev–Trinajstić information content (AvgIpc) is 2.22. The van der Waals surface area contributed by atoms with Gasteiger partial charge in [0.2, 0.25) is 5.91 Å². The van der Waals surface area contributed by atoms with Gasteiger partial charge in [-0.3, -0.25) is 9.69 Å². The molecule has 0 saturated carbocycles. The molecular formula is C13H18N2O2. The number of anilines is 1. The summed E-state index contributed by atoms with van der Waals surface area (Å²) < 4.78 is 0. The Balaban J connectivity index is 2.88. The van der Waals surface area contributed by atoms with Crippen LogP contribution in [0.5, 0.6) is 0 Å². The maximum Gasteiger partial charge on any atom is 0.225 e. The van der Waals surface area contributed by atoms with E-state index in [4.69, 9.17) is 0 Å². The molecule has 0 atom stereocenters. The maximum absolute atomic E-state index is 11.6. The third-order valence-electron chi connectivity index (χ3n) is 2.44. The van der Waals surface area contributed by atoms with E-state index in [0.29, 0.717) is 25.2 Å². The minimum atomic E-state index is -0.0478. The van der Waals surface area contributed by atoms with Crippen molar-refractivity contribution in [3.8, 4) is 0 Å². The van der Waals surface area contributed by atoms with Crippen molar-refractivity contribution in [3.63, 3.8) is 0 Å². The number of carbonyl (C=O) groups is 2. The third kappa shape index (κ3) is 3.98. The Bertz CT molecular complexity index is 396. The molecule has 0 fully saturated rings. The zero-order valence-corrected chi connectivity index (χ0v) is 10.6. The Labute approximate surface area is 102 Å². The van der Waals surface area contributed by atoms with Crippen LogP contribution in [0, 0.1) is 13.8 Å². The van der Waals surface area contributed by atoms with Gasteiger partial charge in [-0.2, -0.15) is 0 Å². The molecule has 1 aromatic rings. The fraction of sp³-hybridized carbons (Fsp3) is 0.462. The van der Waals surface area contributed by atoms with Gasteiger partial charge in [0.05, 0.1) is 0 Å². The number of aromatic nitrogens is 1. The highest BCUT2D eigenvalue weighted by atomic mass is 16.2. The van der Waals surface area contributed by atoms with E-state index < -0.39 is 0 Å². The summed E-state index contributed by atoms with van der Waals surface area (Å²) in [6.07, 6.45) is 2.00. The maximum atomic E-state index is 11.6. The van der Waals surface area contributed by atoms with Crippen LogP contribution in [0.15, 0.2) is 12.1 Å². The second-order valence-electron chi connectivity index (χ2n) is 4.12. The number of nitrogens with zero attached hydrogens (tertiary/aromatic N) is 2. The monoisotopic (exact) mass is 234 g/mol. The van der Waals surface area contributed by atoms with Crippen LogP contribution >= 0.6 is 0 Å². The van der Waals surface area contributed by atoms with Crippen molar-refractivity contribution >= 4 is 18.0 Å². The Morgan fingerprint density at radius 1 is 1.41 bits per heavy atom. The SMILES string of the molecule is CC(=O)N(CCCC=O)c1cc(C)cc(C)n1. The van der Waals surface area contributed by atoms with E-state index in [-0.39, 0.29) is 5.91 Å². The van der Waals surface area contributed by atoms with Crippen LogP contribution in [-0.4, -0.2) is 23.7 Å². The van der Waals surface area contributed by atoms with E-state index in [9.17, 15) is 9.59 Å². The summed E-state index contributed by atoms with van der Waals surface area (Å²) in [7, 11) is 0. The Kier molecular flexibility index (Phi) is 4.82. The summed E-state index contributed by atoms with van der Waals surface area (Å²) in [5.74, 6) is 0.620. The zero-order valence-electron chi connectivity index (χ0n) is 10.6. The molecular weight excluding hydrogens is 216 g/mol. The van der Waals surface area contributed by atoms with E-state index in [1.54, 1.807) is 4.90 Å². The molecule has 0 aliphatic heterocycles. The first kappa shape index (κ1) is 13.4. The molecule has 0 spiro atoms. The van der Waals surface area contributed by atoms with Gasteiger partial charge in [0.25, 0.3) is 0 Å². The standard InChI is InChI=1S/C13H18N2O2/c1-10-8-11(2)14-13(9-10)15(12(3)17)6-4-5-7-16/h7-9H,4-6H2,1-3H3. The summed E-state index contributed by atoms with van der Waals surface area (Å²) in [6.45, 7) is 5.92. The van der Waals surface area contributed by atoms with Crippen molar-refractivity contribution < 1.29 is 9.59 Å². The number of rotatable bonds is 5. The van der Waals surface area contributed by atoms with Gasteiger partial charge in [0.1, 0.15) is 12.1 Å². The molecule has 1 amide bonds. The van der Waals surface area contributed by atoms with E-state index in [1.165, 1.54) is 6.92 Å². The molecule has 0 aliphatic carbocycles. The van der Waals surface area contributed by atoms with E-state index in [1.807, 2.05) is 26.0 Å². The number of hydrogen-bond donors (Lipinski definition) is 0. The number of aryl methyl sites for hydroxylation is 2. The first-order valence-corrected chi connectivity index (χ1v) is 5.71. The van der Waals surface area contributed by atoms with Crippen LogP contribution in [0.1, 0.15) is 31.0 Å². The zero-order chi connectivity index (χ0) is 12.8. The molecule has 0 radical (unpaired) electrons.